The summed E-state index contributed by atoms with van der Waals surface area (Å²) in [7, 11) is 0. The quantitative estimate of drug-likeness (QED) is 0.715. The van der Waals surface area contributed by atoms with Crippen LogP contribution in [0, 0.1) is 5.92 Å². The number of thiophene rings is 1. The first-order chi connectivity index (χ1) is 10.7. The van der Waals surface area contributed by atoms with Crippen LogP contribution in [0.2, 0.25) is 0 Å². The molecule has 1 aliphatic rings. The lowest BCUT2D eigenvalue weighted by atomic mass is 10.1. The lowest BCUT2D eigenvalue weighted by Gasteiger charge is -2.28. The van der Waals surface area contributed by atoms with E-state index in [2.05, 4.69) is 19.1 Å². The SMILES string of the molecule is CC(C1CC1)N(Cc1ccccc1)C(=O)/C=C/c1cccs1. The van der Waals surface area contributed by atoms with Gasteiger partial charge in [0.05, 0.1) is 0 Å². The van der Waals surface area contributed by atoms with Crippen LogP contribution < -0.4 is 0 Å². The fourth-order valence-electron chi connectivity index (χ4n) is 2.67. The molecular weight excluding hydrogens is 290 g/mol. The molecule has 114 valence electrons. The van der Waals surface area contributed by atoms with Gasteiger partial charge >= 0.3 is 0 Å². The molecule has 1 heterocycles. The van der Waals surface area contributed by atoms with Crippen LogP contribution >= 0.6 is 11.3 Å². The molecule has 1 amide bonds. The normalized spacial score (nSPS) is 15.9. The van der Waals surface area contributed by atoms with Crippen LogP contribution in [0.1, 0.15) is 30.2 Å². The molecule has 0 bridgehead atoms. The lowest BCUT2D eigenvalue weighted by molar-refractivity contribution is -0.129. The number of hydrogen-bond acceptors (Lipinski definition) is 2. The fraction of sp³-hybridized carbons (Fsp3) is 0.316. The molecule has 1 aromatic carbocycles. The van der Waals surface area contributed by atoms with Crippen molar-refractivity contribution in [2.45, 2.75) is 32.4 Å². The Morgan fingerprint density at radius 1 is 1.27 bits per heavy atom. The summed E-state index contributed by atoms with van der Waals surface area (Å²) >= 11 is 1.65. The molecule has 2 nitrogen and oxygen atoms in total. The highest BCUT2D eigenvalue weighted by Gasteiger charge is 2.33. The van der Waals surface area contributed by atoms with Crippen LogP contribution in [0.15, 0.2) is 53.9 Å². The van der Waals surface area contributed by atoms with Crippen LogP contribution in [0.25, 0.3) is 6.08 Å². The number of carbonyl (C=O) groups is 1. The number of hydrogen-bond donors (Lipinski definition) is 0. The van der Waals surface area contributed by atoms with Gasteiger partial charge in [0.1, 0.15) is 0 Å². The van der Waals surface area contributed by atoms with Gasteiger partial charge in [-0.2, -0.15) is 0 Å². The minimum absolute atomic E-state index is 0.108. The zero-order valence-electron chi connectivity index (χ0n) is 12.8. The second-order valence-corrected chi connectivity index (χ2v) is 6.86. The van der Waals surface area contributed by atoms with Crippen molar-refractivity contribution < 1.29 is 4.79 Å². The number of benzene rings is 1. The summed E-state index contributed by atoms with van der Waals surface area (Å²) in [6.07, 6.45) is 6.13. The number of carbonyl (C=O) groups excluding carboxylic acids is 1. The molecule has 2 aromatic rings. The molecule has 1 fully saturated rings. The van der Waals surface area contributed by atoms with Gasteiger partial charge in [0, 0.05) is 23.5 Å². The van der Waals surface area contributed by atoms with Gasteiger partial charge in [-0.1, -0.05) is 36.4 Å². The van der Waals surface area contributed by atoms with Gasteiger partial charge in [-0.15, -0.1) is 11.3 Å². The highest BCUT2D eigenvalue weighted by Crippen LogP contribution is 2.35. The van der Waals surface area contributed by atoms with E-state index in [9.17, 15) is 4.79 Å². The van der Waals surface area contributed by atoms with E-state index < -0.39 is 0 Å². The molecule has 3 rings (SSSR count). The highest BCUT2D eigenvalue weighted by atomic mass is 32.1. The van der Waals surface area contributed by atoms with Crippen molar-refractivity contribution in [3.05, 3.63) is 64.4 Å². The topological polar surface area (TPSA) is 20.3 Å². The van der Waals surface area contributed by atoms with E-state index >= 15 is 0 Å². The number of rotatable bonds is 6. The van der Waals surface area contributed by atoms with E-state index in [4.69, 9.17) is 0 Å². The summed E-state index contributed by atoms with van der Waals surface area (Å²) < 4.78 is 0. The molecule has 1 aliphatic carbocycles. The Morgan fingerprint density at radius 3 is 2.68 bits per heavy atom. The third-order valence-corrected chi connectivity index (χ3v) is 5.05. The van der Waals surface area contributed by atoms with E-state index in [0.717, 1.165) is 4.88 Å². The Balaban J connectivity index is 1.73. The van der Waals surface area contributed by atoms with Gasteiger partial charge < -0.3 is 4.90 Å². The van der Waals surface area contributed by atoms with Crippen LogP contribution in [0.4, 0.5) is 0 Å². The fourth-order valence-corrected chi connectivity index (χ4v) is 3.29. The Morgan fingerprint density at radius 2 is 2.05 bits per heavy atom. The molecule has 22 heavy (non-hydrogen) atoms. The number of nitrogens with zero attached hydrogens (tertiary/aromatic N) is 1. The average Bonchev–Trinajstić information content (AvgIpc) is 3.27. The minimum atomic E-state index is 0.108. The maximum absolute atomic E-state index is 12.7. The maximum atomic E-state index is 12.7. The summed E-state index contributed by atoms with van der Waals surface area (Å²) in [5.41, 5.74) is 1.19. The largest absolute Gasteiger partial charge is 0.332 e. The van der Waals surface area contributed by atoms with Crippen LogP contribution in [0.3, 0.4) is 0 Å². The molecule has 0 N–H and O–H groups in total. The van der Waals surface area contributed by atoms with Gasteiger partial charge in [0.15, 0.2) is 0 Å². The first-order valence-electron chi connectivity index (χ1n) is 7.80. The standard InChI is InChI=1S/C19H21NOS/c1-15(17-9-10-17)20(14-16-6-3-2-4-7-16)19(21)12-11-18-8-5-13-22-18/h2-8,11-13,15,17H,9-10,14H2,1H3/b12-11+. The molecule has 0 saturated heterocycles. The molecule has 1 unspecified atom stereocenters. The second-order valence-electron chi connectivity index (χ2n) is 5.88. The van der Waals surface area contributed by atoms with E-state index in [1.54, 1.807) is 17.4 Å². The molecule has 1 aromatic heterocycles. The van der Waals surface area contributed by atoms with Crippen molar-refractivity contribution in [3.63, 3.8) is 0 Å². The van der Waals surface area contributed by atoms with Gasteiger partial charge in [-0.05, 0) is 48.8 Å². The van der Waals surface area contributed by atoms with Crippen molar-refractivity contribution in [3.8, 4) is 0 Å². The predicted octanol–water partition coefficient (Wildman–Crippen LogP) is 4.59. The summed E-state index contributed by atoms with van der Waals surface area (Å²) in [5, 5.41) is 2.03. The monoisotopic (exact) mass is 311 g/mol. The zero-order chi connectivity index (χ0) is 15.4. The molecular formula is C19H21NOS. The Kier molecular flexibility index (Phi) is 4.74. The summed E-state index contributed by atoms with van der Waals surface area (Å²) in [6, 6.07) is 14.6. The van der Waals surface area contributed by atoms with E-state index in [1.165, 1.54) is 18.4 Å². The van der Waals surface area contributed by atoms with Gasteiger partial charge in [-0.25, -0.2) is 0 Å². The molecule has 0 radical (unpaired) electrons. The summed E-state index contributed by atoms with van der Waals surface area (Å²) in [6.45, 7) is 2.86. The van der Waals surface area contributed by atoms with Gasteiger partial charge in [0.2, 0.25) is 5.91 Å². The molecule has 0 spiro atoms. The van der Waals surface area contributed by atoms with Crippen LogP contribution in [-0.4, -0.2) is 16.8 Å². The molecule has 3 heteroatoms. The average molecular weight is 311 g/mol. The third-order valence-electron chi connectivity index (χ3n) is 4.21. The summed E-state index contributed by atoms with van der Waals surface area (Å²) in [4.78, 5) is 15.8. The van der Waals surface area contributed by atoms with Crippen molar-refractivity contribution in [2.24, 2.45) is 5.92 Å². The van der Waals surface area contributed by atoms with Crippen molar-refractivity contribution in [1.82, 2.24) is 4.90 Å². The van der Waals surface area contributed by atoms with Gasteiger partial charge in [-0.3, -0.25) is 4.79 Å². The lowest BCUT2D eigenvalue weighted by Crippen LogP contribution is -2.38. The highest BCUT2D eigenvalue weighted by molar-refractivity contribution is 7.10. The molecule has 1 saturated carbocycles. The smallest absolute Gasteiger partial charge is 0.247 e. The predicted molar refractivity (Wildman–Crippen MR) is 92.5 cm³/mol. The Hall–Kier alpha value is -1.87. The Labute approximate surface area is 136 Å². The molecule has 1 atom stereocenters. The van der Waals surface area contributed by atoms with E-state index in [-0.39, 0.29) is 5.91 Å². The maximum Gasteiger partial charge on any atom is 0.247 e. The van der Waals surface area contributed by atoms with Crippen molar-refractivity contribution in [2.75, 3.05) is 0 Å². The van der Waals surface area contributed by atoms with Crippen LogP contribution in [-0.2, 0) is 11.3 Å². The third kappa shape index (κ3) is 3.86. The Bertz CT molecular complexity index is 629. The van der Waals surface area contributed by atoms with E-state index in [1.807, 2.05) is 46.7 Å². The first-order valence-corrected chi connectivity index (χ1v) is 8.68. The summed E-state index contributed by atoms with van der Waals surface area (Å²) in [5.74, 6) is 0.777. The number of amides is 1. The van der Waals surface area contributed by atoms with E-state index in [0.29, 0.717) is 18.5 Å². The van der Waals surface area contributed by atoms with Crippen LogP contribution in [0.5, 0.6) is 0 Å². The first kappa shape index (κ1) is 15.0. The van der Waals surface area contributed by atoms with Crippen molar-refractivity contribution >= 4 is 23.3 Å². The minimum Gasteiger partial charge on any atom is -0.332 e. The molecule has 0 aliphatic heterocycles. The second kappa shape index (κ2) is 6.93. The zero-order valence-corrected chi connectivity index (χ0v) is 13.6. The van der Waals surface area contributed by atoms with Gasteiger partial charge in [0.25, 0.3) is 0 Å². The van der Waals surface area contributed by atoms with Crippen molar-refractivity contribution in [1.29, 1.82) is 0 Å².